The molecular weight excluding hydrogens is 235 g/mol. The van der Waals surface area contributed by atoms with Gasteiger partial charge in [-0.3, -0.25) is 9.36 Å². The van der Waals surface area contributed by atoms with Gasteiger partial charge in [-0.1, -0.05) is 0 Å². The summed E-state index contributed by atoms with van der Waals surface area (Å²) >= 11 is 3.09. The van der Waals surface area contributed by atoms with Crippen molar-refractivity contribution in [1.82, 2.24) is 0 Å². The van der Waals surface area contributed by atoms with E-state index in [9.17, 15) is 9.36 Å². The summed E-state index contributed by atoms with van der Waals surface area (Å²) in [7, 11) is -4.05. The average molecular weight is 246 g/mol. The maximum absolute atomic E-state index is 10.8. The molecule has 0 saturated heterocycles. The summed E-state index contributed by atoms with van der Waals surface area (Å²) in [6.45, 7) is -1.00. The van der Waals surface area contributed by atoms with Gasteiger partial charge in [0.1, 0.15) is 18.9 Å². The van der Waals surface area contributed by atoms with Gasteiger partial charge in [0.2, 0.25) is 0 Å². The monoisotopic (exact) mass is 246 g/mol. The molecule has 0 aromatic rings. The van der Waals surface area contributed by atoms with E-state index in [1.807, 2.05) is 0 Å². The summed E-state index contributed by atoms with van der Waals surface area (Å²) < 4.78 is 18.9. The zero-order valence-corrected chi connectivity index (χ0v) is 8.86. The Kier molecular flexibility index (Phi) is 6.34. The Morgan fingerprint density at radius 3 is 2.57 bits per heavy atom. The topological polar surface area (TPSA) is 113 Å². The molecule has 0 aliphatic heterocycles. The maximum atomic E-state index is 10.8. The Morgan fingerprint density at radius 1 is 1.57 bits per heavy atom. The van der Waals surface area contributed by atoms with E-state index in [1.54, 1.807) is 0 Å². The number of carbonyl (C=O) groups is 1. The van der Waals surface area contributed by atoms with Crippen LogP contribution in [0.15, 0.2) is 0 Å². The number of thiol groups is 1. The lowest BCUT2D eigenvalue weighted by molar-refractivity contribution is -0.144. The summed E-state index contributed by atoms with van der Waals surface area (Å²) in [4.78, 5) is 19.5. The van der Waals surface area contributed by atoms with E-state index in [4.69, 9.17) is 15.1 Å². The molecule has 0 radical (unpaired) electrons. The largest absolute Gasteiger partial charge is 0.462 e. The van der Waals surface area contributed by atoms with Crippen molar-refractivity contribution >= 4 is 26.5 Å². The molecule has 0 aliphatic rings. The first kappa shape index (κ1) is 13.9. The first-order valence-electron chi connectivity index (χ1n) is 3.51. The molecule has 0 fully saturated rings. The molecule has 0 spiro atoms. The van der Waals surface area contributed by atoms with Crippen LogP contribution >= 0.6 is 20.5 Å². The zero-order chi connectivity index (χ0) is 11.2. The van der Waals surface area contributed by atoms with Crippen molar-refractivity contribution in [2.24, 2.45) is 0 Å². The van der Waals surface area contributed by atoms with E-state index in [0.29, 0.717) is 0 Å². The lowest BCUT2D eigenvalue weighted by Gasteiger charge is -2.09. The molecule has 9 heteroatoms. The van der Waals surface area contributed by atoms with E-state index >= 15 is 0 Å². The molecule has 7 nitrogen and oxygen atoms in total. The van der Waals surface area contributed by atoms with Crippen molar-refractivity contribution in [3.8, 4) is 0 Å². The minimum atomic E-state index is -4.05. The molecule has 0 aromatic carbocycles. The quantitative estimate of drug-likeness (QED) is 0.204. The minimum Gasteiger partial charge on any atom is -0.462 e. The number of ether oxygens (including phenoxy) is 1. The van der Waals surface area contributed by atoms with Crippen LogP contribution in [0.4, 0.5) is 0 Å². The minimum absolute atomic E-state index is 0.443. The number of hydrogen-bond donors (Lipinski definition) is 4. The molecular formula is C5H11O7PS. The molecule has 0 saturated carbocycles. The van der Waals surface area contributed by atoms with Gasteiger partial charge < -0.3 is 19.8 Å². The van der Waals surface area contributed by atoms with Crippen LogP contribution < -0.4 is 0 Å². The van der Waals surface area contributed by atoms with Gasteiger partial charge in [-0.05, 0) is 12.9 Å². The Bertz CT molecular complexity index is 232. The Morgan fingerprint density at radius 2 is 2.14 bits per heavy atom. The molecule has 0 bridgehead atoms. The zero-order valence-electron chi connectivity index (χ0n) is 7.07. The van der Waals surface area contributed by atoms with Crippen LogP contribution in [-0.4, -0.2) is 46.6 Å². The maximum Gasteiger partial charge on any atom is 0.350 e. The number of rotatable bonds is 6. The van der Waals surface area contributed by atoms with Gasteiger partial charge in [-0.15, -0.1) is 0 Å². The highest BCUT2D eigenvalue weighted by molar-refractivity contribution is 7.81. The molecule has 0 rings (SSSR count). The molecule has 14 heavy (non-hydrogen) atoms. The van der Waals surface area contributed by atoms with Crippen LogP contribution in [-0.2, 0) is 18.1 Å². The van der Waals surface area contributed by atoms with Crippen LogP contribution in [0.1, 0.15) is 0 Å². The highest BCUT2D eigenvalue weighted by atomic mass is 32.1. The third-order valence-electron chi connectivity index (χ3n) is 1.10. The third kappa shape index (κ3) is 6.36. The average Bonchev–Trinajstić information content (AvgIpc) is 2.13. The SMILES string of the molecule is O=C(CP(=O)(O)OS)OC[C@@H](O)CO. The van der Waals surface area contributed by atoms with Gasteiger partial charge in [0.15, 0.2) is 0 Å². The summed E-state index contributed by atoms with van der Waals surface area (Å²) in [5.41, 5.74) is 0. The Labute approximate surface area is 85.8 Å². The summed E-state index contributed by atoms with van der Waals surface area (Å²) in [5.74, 6) is -1.02. The Balaban J connectivity index is 3.82. The van der Waals surface area contributed by atoms with Gasteiger partial charge in [0.25, 0.3) is 0 Å². The molecule has 84 valence electrons. The van der Waals surface area contributed by atoms with Gasteiger partial charge in [0.05, 0.1) is 6.61 Å². The molecule has 3 N–H and O–H groups in total. The number of carbonyl (C=O) groups excluding carboxylic acids is 1. The summed E-state index contributed by atoms with van der Waals surface area (Å²) in [6.07, 6.45) is -2.05. The van der Waals surface area contributed by atoms with Gasteiger partial charge >= 0.3 is 13.6 Å². The second-order valence-corrected chi connectivity index (χ2v) is 4.64. The molecule has 2 atom stereocenters. The Hall–Kier alpha value is -0.110. The van der Waals surface area contributed by atoms with Crippen molar-refractivity contribution in [2.75, 3.05) is 19.4 Å². The lowest BCUT2D eigenvalue weighted by Crippen LogP contribution is -2.23. The standard InChI is InChI=1S/C5H11O7PS/c6-1-4(7)2-11-5(8)3-13(9,10)12-14/h4,6-7,14H,1-3H2,(H,9,10)/t4-/m0/s1. The lowest BCUT2D eigenvalue weighted by atomic mass is 10.4. The predicted molar refractivity (Wildman–Crippen MR) is 48.8 cm³/mol. The smallest absolute Gasteiger partial charge is 0.350 e. The fourth-order valence-electron chi connectivity index (χ4n) is 0.479. The van der Waals surface area contributed by atoms with Crippen LogP contribution in [0.25, 0.3) is 0 Å². The second kappa shape index (κ2) is 6.39. The first-order chi connectivity index (χ1) is 6.41. The van der Waals surface area contributed by atoms with E-state index in [2.05, 4.69) is 21.6 Å². The van der Waals surface area contributed by atoms with Gasteiger partial charge in [-0.25, -0.2) is 3.97 Å². The van der Waals surface area contributed by atoms with Crippen molar-refractivity contribution < 1.29 is 33.2 Å². The van der Waals surface area contributed by atoms with Crippen LogP contribution in [0, 0.1) is 0 Å². The van der Waals surface area contributed by atoms with Crippen LogP contribution in [0.2, 0.25) is 0 Å². The molecule has 0 aromatic heterocycles. The number of esters is 1. The van der Waals surface area contributed by atoms with E-state index in [1.165, 1.54) is 0 Å². The number of aliphatic hydroxyl groups is 2. The summed E-state index contributed by atoms with van der Waals surface area (Å²) in [6, 6.07) is 0. The summed E-state index contributed by atoms with van der Waals surface area (Å²) in [5, 5.41) is 17.1. The number of hydrogen-bond acceptors (Lipinski definition) is 7. The van der Waals surface area contributed by atoms with Crippen molar-refractivity contribution in [3.05, 3.63) is 0 Å². The van der Waals surface area contributed by atoms with Crippen LogP contribution in [0.5, 0.6) is 0 Å². The van der Waals surface area contributed by atoms with Gasteiger partial charge in [-0.2, -0.15) is 0 Å². The molecule has 0 heterocycles. The highest BCUT2D eigenvalue weighted by Crippen LogP contribution is 2.42. The van der Waals surface area contributed by atoms with Crippen molar-refractivity contribution in [2.45, 2.75) is 6.10 Å². The fourth-order valence-corrected chi connectivity index (χ4v) is 1.13. The highest BCUT2D eigenvalue weighted by Gasteiger charge is 2.24. The van der Waals surface area contributed by atoms with Gasteiger partial charge in [0, 0.05) is 0 Å². The second-order valence-electron chi connectivity index (χ2n) is 2.40. The molecule has 1 unspecified atom stereocenters. The van der Waals surface area contributed by atoms with E-state index < -0.39 is 39.0 Å². The fraction of sp³-hybridized carbons (Fsp3) is 0.800. The van der Waals surface area contributed by atoms with Crippen molar-refractivity contribution in [1.29, 1.82) is 0 Å². The van der Waals surface area contributed by atoms with E-state index in [-0.39, 0.29) is 0 Å². The molecule has 0 aliphatic carbocycles. The predicted octanol–water partition coefficient (Wildman–Crippen LogP) is -1.07. The van der Waals surface area contributed by atoms with Crippen molar-refractivity contribution in [3.63, 3.8) is 0 Å². The number of aliphatic hydroxyl groups excluding tert-OH is 2. The molecule has 0 amide bonds. The third-order valence-corrected chi connectivity index (χ3v) is 2.78. The first-order valence-corrected chi connectivity index (χ1v) is 5.63. The normalized spacial score (nSPS) is 17.1. The van der Waals surface area contributed by atoms with Crippen LogP contribution in [0.3, 0.4) is 0 Å². The van der Waals surface area contributed by atoms with E-state index in [0.717, 1.165) is 0 Å².